The highest BCUT2D eigenvalue weighted by Crippen LogP contribution is 2.36. The van der Waals surface area contributed by atoms with Crippen molar-refractivity contribution < 1.29 is 9.13 Å². The van der Waals surface area contributed by atoms with Crippen molar-refractivity contribution in [2.45, 2.75) is 0 Å². The number of rotatable bonds is 3. The van der Waals surface area contributed by atoms with Crippen LogP contribution >= 0.6 is 35.4 Å². The van der Waals surface area contributed by atoms with Crippen LogP contribution in [0.1, 0.15) is 5.56 Å². The van der Waals surface area contributed by atoms with Crippen LogP contribution in [-0.4, -0.2) is 4.99 Å². The number of thiocarbonyl (C=S) groups is 1. The molecule has 2 N–H and O–H groups in total. The average Bonchev–Trinajstić information content (AvgIpc) is 2.34. The van der Waals surface area contributed by atoms with Gasteiger partial charge in [-0.15, -0.1) is 0 Å². The predicted molar refractivity (Wildman–Crippen MR) is 78.8 cm³/mol. The third-order valence-corrected chi connectivity index (χ3v) is 3.36. The van der Waals surface area contributed by atoms with Crippen molar-refractivity contribution in [3.8, 4) is 11.5 Å². The highest BCUT2D eigenvalue weighted by Gasteiger charge is 2.14. The molecule has 0 aliphatic carbocycles. The van der Waals surface area contributed by atoms with E-state index in [0.717, 1.165) is 0 Å². The summed E-state index contributed by atoms with van der Waals surface area (Å²) < 4.78 is 19.2. The van der Waals surface area contributed by atoms with Crippen LogP contribution < -0.4 is 10.5 Å². The molecule has 0 aliphatic heterocycles. The third kappa shape index (κ3) is 2.97. The van der Waals surface area contributed by atoms with Gasteiger partial charge in [-0.25, -0.2) is 4.39 Å². The molecule has 2 rings (SSSR count). The Balaban J connectivity index is 2.47. The van der Waals surface area contributed by atoms with Gasteiger partial charge >= 0.3 is 0 Å². The summed E-state index contributed by atoms with van der Waals surface area (Å²) in [5.74, 6) is -0.0583. The van der Waals surface area contributed by atoms with Crippen molar-refractivity contribution in [3.63, 3.8) is 0 Å². The lowest BCUT2D eigenvalue weighted by Crippen LogP contribution is -2.13. The highest BCUT2D eigenvalue weighted by molar-refractivity contribution is 7.80. The minimum Gasteiger partial charge on any atom is -0.455 e. The zero-order valence-corrected chi connectivity index (χ0v) is 11.8. The molecule has 0 spiro atoms. The Kier molecular flexibility index (Phi) is 4.24. The molecule has 2 aromatic carbocycles. The number of benzene rings is 2. The van der Waals surface area contributed by atoms with E-state index in [0.29, 0.717) is 10.8 Å². The molecule has 0 unspecified atom stereocenters. The standard InChI is InChI=1S/C13H8Cl2FNOS/c14-7-3-1-6-10(12(7)15)18-9-5-2-4-8(16)11(9)13(17)19/h1-6H,(H2,17,19). The molecule has 6 heteroatoms. The second-order valence-electron chi connectivity index (χ2n) is 3.63. The van der Waals surface area contributed by atoms with E-state index in [2.05, 4.69) is 0 Å². The van der Waals surface area contributed by atoms with E-state index in [9.17, 15) is 4.39 Å². The lowest BCUT2D eigenvalue weighted by Gasteiger charge is -2.12. The zero-order chi connectivity index (χ0) is 14.0. The summed E-state index contributed by atoms with van der Waals surface area (Å²) in [5.41, 5.74) is 5.53. The van der Waals surface area contributed by atoms with Crippen molar-refractivity contribution in [2.24, 2.45) is 5.73 Å². The first-order valence-corrected chi connectivity index (χ1v) is 6.37. The molecule has 2 nitrogen and oxygen atoms in total. The van der Waals surface area contributed by atoms with Crippen molar-refractivity contribution in [2.75, 3.05) is 0 Å². The van der Waals surface area contributed by atoms with E-state index in [1.807, 2.05) is 0 Å². The SMILES string of the molecule is NC(=S)c1c(F)cccc1Oc1cccc(Cl)c1Cl. The van der Waals surface area contributed by atoms with E-state index >= 15 is 0 Å². The molecule has 0 saturated carbocycles. The van der Waals surface area contributed by atoms with Gasteiger partial charge in [0.05, 0.1) is 10.6 Å². The first kappa shape index (κ1) is 14.1. The lowest BCUT2D eigenvalue weighted by molar-refractivity contribution is 0.475. The maximum absolute atomic E-state index is 13.7. The van der Waals surface area contributed by atoms with Crippen LogP contribution in [0.5, 0.6) is 11.5 Å². The van der Waals surface area contributed by atoms with Crippen molar-refractivity contribution in [1.82, 2.24) is 0 Å². The van der Waals surface area contributed by atoms with Crippen LogP contribution in [0.4, 0.5) is 4.39 Å². The number of hydrogen-bond donors (Lipinski definition) is 1. The monoisotopic (exact) mass is 315 g/mol. The van der Waals surface area contributed by atoms with Gasteiger partial charge in [0.25, 0.3) is 0 Å². The molecule has 0 atom stereocenters. The molecule has 0 radical (unpaired) electrons. The molecule has 0 aromatic heterocycles. The minimum absolute atomic E-state index is 0.0357. The smallest absolute Gasteiger partial charge is 0.147 e. The van der Waals surface area contributed by atoms with Gasteiger partial charge in [0.15, 0.2) is 0 Å². The highest BCUT2D eigenvalue weighted by atomic mass is 35.5. The van der Waals surface area contributed by atoms with E-state index in [1.54, 1.807) is 24.3 Å². The third-order valence-electron chi connectivity index (χ3n) is 2.36. The van der Waals surface area contributed by atoms with Crippen LogP contribution in [0.2, 0.25) is 10.0 Å². The molecule has 0 saturated heterocycles. The summed E-state index contributed by atoms with van der Waals surface area (Å²) in [6, 6.07) is 9.20. The molecule has 0 fully saturated rings. The van der Waals surface area contributed by atoms with Gasteiger partial charge in [0.2, 0.25) is 0 Å². The second-order valence-corrected chi connectivity index (χ2v) is 4.86. The molecule has 0 amide bonds. The fourth-order valence-electron chi connectivity index (χ4n) is 1.51. The molecule has 0 bridgehead atoms. The van der Waals surface area contributed by atoms with Gasteiger partial charge in [-0.05, 0) is 24.3 Å². The topological polar surface area (TPSA) is 35.2 Å². The van der Waals surface area contributed by atoms with E-state index in [-0.39, 0.29) is 21.3 Å². The number of nitrogens with two attached hydrogens (primary N) is 1. The second kappa shape index (κ2) is 5.74. The van der Waals surface area contributed by atoms with Crippen LogP contribution in [0, 0.1) is 5.82 Å². The molecule has 19 heavy (non-hydrogen) atoms. The van der Waals surface area contributed by atoms with Crippen LogP contribution in [0.25, 0.3) is 0 Å². The van der Waals surface area contributed by atoms with E-state index in [4.69, 9.17) is 45.9 Å². The Morgan fingerprint density at radius 2 is 1.74 bits per heavy atom. The molecule has 2 aromatic rings. The largest absolute Gasteiger partial charge is 0.455 e. The lowest BCUT2D eigenvalue weighted by atomic mass is 10.2. The zero-order valence-electron chi connectivity index (χ0n) is 9.49. The number of hydrogen-bond acceptors (Lipinski definition) is 2. The van der Waals surface area contributed by atoms with Crippen LogP contribution in [0.15, 0.2) is 36.4 Å². The van der Waals surface area contributed by atoms with Crippen molar-refractivity contribution >= 4 is 40.4 Å². The summed E-state index contributed by atoms with van der Waals surface area (Å²) in [7, 11) is 0. The summed E-state index contributed by atoms with van der Waals surface area (Å²) >= 11 is 16.7. The Hall–Kier alpha value is -1.36. The maximum atomic E-state index is 13.7. The van der Waals surface area contributed by atoms with Crippen LogP contribution in [0.3, 0.4) is 0 Å². The van der Waals surface area contributed by atoms with Gasteiger partial charge < -0.3 is 10.5 Å². The summed E-state index contributed by atoms with van der Waals surface area (Å²) in [6.07, 6.45) is 0. The van der Waals surface area contributed by atoms with Gasteiger partial charge in [0.1, 0.15) is 27.3 Å². The first-order chi connectivity index (χ1) is 9.00. The summed E-state index contributed by atoms with van der Waals surface area (Å²) in [5, 5.41) is 0.578. The van der Waals surface area contributed by atoms with Gasteiger partial charge in [0, 0.05) is 0 Å². The van der Waals surface area contributed by atoms with Gasteiger partial charge in [-0.3, -0.25) is 0 Å². The molecule has 0 heterocycles. The number of halogens is 3. The van der Waals surface area contributed by atoms with Gasteiger partial charge in [-0.2, -0.15) is 0 Å². The first-order valence-electron chi connectivity index (χ1n) is 5.21. The quantitative estimate of drug-likeness (QED) is 0.843. The molecule has 0 aliphatic rings. The molecule has 98 valence electrons. The average molecular weight is 316 g/mol. The Morgan fingerprint density at radius 1 is 1.11 bits per heavy atom. The Morgan fingerprint density at radius 3 is 2.42 bits per heavy atom. The van der Waals surface area contributed by atoms with E-state index in [1.165, 1.54) is 12.1 Å². The Bertz CT molecular complexity index is 649. The fourth-order valence-corrected chi connectivity index (χ4v) is 2.04. The van der Waals surface area contributed by atoms with E-state index < -0.39 is 5.82 Å². The van der Waals surface area contributed by atoms with Gasteiger partial charge in [-0.1, -0.05) is 47.6 Å². The summed E-state index contributed by atoms with van der Waals surface area (Å²) in [4.78, 5) is -0.0914. The normalized spacial score (nSPS) is 10.3. The maximum Gasteiger partial charge on any atom is 0.147 e. The van der Waals surface area contributed by atoms with Crippen molar-refractivity contribution in [1.29, 1.82) is 0 Å². The minimum atomic E-state index is -0.553. The Labute approximate surface area is 124 Å². The molecular formula is C13H8Cl2FNOS. The molecular weight excluding hydrogens is 308 g/mol. The van der Waals surface area contributed by atoms with Crippen molar-refractivity contribution in [3.05, 3.63) is 57.8 Å². The predicted octanol–water partition coefficient (Wildman–Crippen LogP) is 4.56. The number of ether oxygens (including phenoxy) is 1. The van der Waals surface area contributed by atoms with Crippen LogP contribution in [-0.2, 0) is 0 Å². The summed E-state index contributed by atoms with van der Waals surface area (Å²) in [6.45, 7) is 0. The fraction of sp³-hybridized carbons (Fsp3) is 0.